The van der Waals surface area contributed by atoms with Gasteiger partial charge in [0.05, 0.1) is 23.6 Å². The third-order valence-corrected chi connectivity index (χ3v) is 6.27. The number of aryl methyl sites for hydroxylation is 1. The quantitative estimate of drug-likeness (QED) is 0.440. The van der Waals surface area contributed by atoms with Crippen LogP contribution in [0.5, 0.6) is 0 Å². The second kappa shape index (κ2) is 7.55. The summed E-state index contributed by atoms with van der Waals surface area (Å²) in [6.45, 7) is 0. The van der Waals surface area contributed by atoms with E-state index in [0.717, 1.165) is 28.2 Å². The average molecular weight is 433 g/mol. The van der Waals surface area contributed by atoms with Crippen LogP contribution in [-0.2, 0) is 18.6 Å². The Labute approximate surface area is 182 Å². The number of primary amides is 1. The van der Waals surface area contributed by atoms with Gasteiger partial charge in [-0.3, -0.25) is 9.78 Å². The van der Waals surface area contributed by atoms with Gasteiger partial charge in [-0.25, -0.2) is 15.0 Å². The van der Waals surface area contributed by atoms with Gasteiger partial charge in [0.2, 0.25) is 0 Å². The number of carbonyl (C=O) groups excluding carboxylic acids is 1. The number of benzene rings is 1. The molecule has 0 unspecified atom stereocenters. The van der Waals surface area contributed by atoms with Gasteiger partial charge in [-0.2, -0.15) is 11.8 Å². The molecule has 4 heterocycles. The molecule has 0 spiro atoms. The van der Waals surface area contributed by atoms with Gasteiger partial charge in [-0.1, -0.05) is 6.07 Å². The summed E-state index contributed by atoms with van der Waals surface area (Å²) in [7, 11) is 3.64. The number of carbonyl (C=O) groups is 1. The molecule has 1 amide bonds. The first-order chi connectivity index (χ1) is 15.0. The molecule has 4 aromatic rings. The third-order valence-electron chi connectivity index (χ3n) is 5.24. The Morgan fingerprint density at radius 3 is 2.81 bits per heavy atom. The lowest BCUT2D eigenvalue weighted by Crippen LogP contribution is -2.18. The fraction of sp³-hybridized carbons (Fsp3) is 0.190. The zero-order chi connectivity index (χ0) is 21.5. The van der Waals surface area contributed by atoms with Crippen molar-refractivity contribution in [3.63, 3.8) is 0 Å². The number of amides is 1. The van der Waals surface area contributed by atoms with Gasteiger partial charge < -0.3 is 20.9 Å². The summed E-state index contributed by atoms with van der Waals surface area (Å²) in [5, 5.41) is 6.29. The van der Waals surface area contributed by atoms with Crippen molar-refractivity contribution in [3.05, 3.63) is 53.7 Å². The van der Waals surface area contributed by atoms with Gasteiger partial charge in [0.15, 0.2) is 17.3 Å². The van der Waals surface area contributed by atoms with Crippen LogP contribution in [0.2, 0.25) is 0 Å². The highest BCUT2D eigenvalue weighted by Crippen LogP contribution is 2.34. The number of anilines is 3. The molecule has 0 saturated carbocycles. The molecular formula is C21H20N8OS. The minimum Gasteiger partial charge on any atom is -0.371 e. The lowest BCUT2D eigenvalue weighted by atomic mass is 10.1. The van der Waals surface area contributed by atoms with Crippen molar-refractivity contribution in [2.75, 3.05) is 17.7 Å². The number of nitrogens with zero attached hydrogens (tertiary/aromatic N) is 5. The number of hydrogen-bond donors (Lipinski definition) is 3. The van der Waals surface area contributed by atoms with Crippen LogP contribution < -0.4 is 16.4 Å². The summed E-state index contributed by atoms with van der Waals surface area (Å²) in [6.07, 6.45) is 5.10. The van der Waals surface area contributed by atoms with Gasteiger partial charge in [-0.05, 0) is 23.3 Å². The second-order valence-corrected chi connectivity index (χ2v) is 8.23. The van der Waals surface area contributed by atoms with Gasteiger partial charge in [0, 0.05) is 37.5 Å². The van der Waals surface area contributed by atoms with E-state index < -0.39 is 5.91 Å². The van der Waals surface area contributed by atoms with Gasteiger partial charge in [0.1, 0.15) is 11.2 Å². The van der Waals surface area contributed by atoms with Crippen LogP contribution in [0.3, 0.4) is 0 Å². The van der Waals surface area contributed by atoms with Crippen LogP contribution in [0.1, 0.15) is 21.6 Å². The molecule has 0 saturated heterocycles. The van der Waals surface area contributed by atoms with Crippen LogP contribution in [0, 0.1) is 0 Å². The van der Waals surface area contributed by atoms with E-state index in [2.05, 4.69) is 42.7 Å². The van der Waals surface area contributed by atoms with E-state index in [4.69, 9.17) is 5.73 Å². The molecule has 0 fully saturated rings. The van der Waals surface area contributed by atoms with E-state index in [0.29, 0.717) is 22.9 Å². The molecule has 156 valence electrons. The van der Waals surface area contributed by atoms with Crippen LogP contribution in [0.25, 0.3) is 22.3 Å². The monoisotopic (exact) mass is 432 g/mol. The smallest absolute Gasteiger partial charge is 0.271 e. The number of pyridine rings is 1. The summed E-state index contributed by atoms with van der Waals surface area (Å²) in [5.74, 6) is 2.11. The van der Waals surface area contributed by atoms with E-state index in [1.807, 2.05) is 29.4 Å². The SMILES string of the molecule is CNc1nc(Nc2ccc3c(c2)CSC3)c(C(N)=O)nc1-c1cncc2c1ncn2C. The minimum atomic E-state index is -0.670. The van der Waals surface area contributed by atoms with Crippen LogP contribution in [0.4, 0.5) is 17.3 Å². The molecule has 31 heavy (non-hydrogen) atoms. The van der Waals surface area contributed by atoms with Gasteiger partial charge in [-0.15, -0.1) is 0 Å². The molecule has 1 aliphatic heterocycles. The standard InChI is InChI=1S/C21H20N8OS/c1-23-20-17(14-6-24-7-15-16(14)25-10-29(15)2)27-18(19(22)30)21(28-20)26-13-4-3-11-8-31-9-12(11)5-13/h3-7,10H,8-9H2,1-2H3,(H2,22,30)(H2,23,26,28). The zero-order valence-corrected chi connectivity index (χ0v) is 17.8. The first kappa shape index (κ1) is 19.3. The van der Waals surface area contributed by atoms with Crippen molar-refractivity contribution >= 4 is 46.0 Å². The Hall–Kier alpha value is -3.66. The summed E-state index contributed by atoms with van der Waals surface area (Å²) in [6, 6.07) is 6.14. The molecule has 0 bridgehead atoms. The number of rotatable bonds is 5. The zero-order valence-electron chi connectivity index (χ0n) is 17.0. The number of nitrogens with two attached hydrogens (primary N) is 1. The summed E-state index contributed by atoms with van der Waals surface area (Å²) in [4.78, 5) is 30.3. The molecule has 10 heteroatoms. The molecular weight excluding hydrogens is 412 g/mol. The molecule has 0 aliphatic carbocycles. The Morgan fingerprint density at radius 1 is 1.16 bits per heavy atom. The molecule has 1 aliphatic rings. The first-order valence-electron chi connectivity index (χ1n) is 9.66. The average Bonchev–Trinajstić information content (AvgIpc) is 3.39. The molecule has 3 aromatic heterocycles. The van der Waals surface area contributed by atoms with Crippen LogP contribution >= 0.6 is 11.8 Å². The van der Waals surface area contributed by atoms with E-state index in [-0.39, 0.29) is 5.69 Å². The number of imidazole rings is 1. The lowest BCUT2D eigenvalue weighted by Gasteiger charge is -2.15. The van der Waals surface area contributed by atoms with Crippen molar-refractivity contribution in [1.29, 1.82) is 0 Å². The minimum absolute atomic E-state index is 0.0526. The number of aromatic nitrogens is 5. The van der Waals surface area contributed by atoms with E-state index in [9.17, 15) is 4.79 Å². The highest BCUT2D eigenvalue weighted by molar-refractivity contribution is 7.98. The number of fused-ring (bicyclic) bond motifs is 2. The molecule has 0 atom stereocenters. The maximum Gasteiger partial charge on any atom is 0.271 e. The second-order valence-electron chi connectivity index (χ2n) is 7.24. The highest BCUT2D eigenvalue weighted by Gasteiger charge is 2.21. The van der Waals surface area contributed by atoms with E-state index >= 15 is 0 Å². The third kappa shape index (κ3) is 3.34. The molecule has 5 rings (SSSR count). The Bertz CT molecular complexity index is 1330. The Kier molecular flexibility index (Phi) is 4.70. The predicted octanol–water partition coefficient (Wildman–Crippen LogP) is 3.06. The van der Waals surface area contributed by atoms with Crippen molar-refractivity contribution < 1.29 is 4.79 Å². The largest absolute Gasteiger partial charge is 0.371 e. The molecule has 9 nitrogen and oxygen atoms in total. The predicted molar refractivity (Wildman–Crippen MR) is 122 cm³/mol. The Morgan fingerprint density at radius 2 is 2.00 bits per heavy atom. The molecule has 1 aromatic carbocycles. The maximum atomic E-state index is 12.3. The maximum absolute atomic E-state index is 12.3. The van der Waals surface area contributed by atoms with Crippen LogP contribution in [0.15, 0.2) is 36.9 Å². The lowest BCUT2D eigenvalue weighted by molar-refractivity contribution is 0.0996. The van der Waals surface area contributed by atoms with Crippen molar-refractivity contribution in [2.24, 2.45) is 12.8 Å². The fourth-order valence-corrected chi connectivity index (χ4v) is 4.75. The van der Waals surface area contributed by atoms with E-state index in [1.165, 1.54) is 11.1 Å². The van der Waals surface area contributed by atoms with Gasteiger partial charge in [0.25, 0.3) is 5.91 Å². The van der Waals surface area contributed by atoms with Crippen molar-refractivity contribution in [3.8, 4) is 11.3 Å². The Balaban J connectivity index is 1.63. The topological polar surface area (TPSA) is 124 Å². The summed E-state index contributed by atoms with van der Waals surface area (Å²) in [5.41, 5.74) is 11.9. The van der Waals surface area contributed by atoms with Gasteiger partial charge >= 0.3 is 0 Å². The fourth-order valence-electron chi connectivity index (χ4n) is 3.66. The highest BCUT2D eigenvalue weighted by atomic mass is 32.2. The number of hydrogen-bond acceptors (Lipinski definition) is 8. The number of nitrogens with one attached hydrogen (secondary N) is 2. The van der Waals surface area contributed by atoms with Crippen molar-refractivity contribution in [1.82, 2.24) is 24.5 Å². The normalized spacial score (nSPS) is 12.7. The summed E-state index contributed by atoms with van der Waals surface area (Å²) >= 11 is 1.88. The number of thioether (sulfide) groups is 1. The van der Waals surface area contributed by atoms with Crippen LogP contribution in [-0.4, -0.2) is 37.5 Å². The first-order valence-corrected chi connectivity index (χ1v) is 10.8. The van der Waals surface area contributed by atoms with E-state index in [1.54, 1.807) is 25.8 Å². The van der Waals surface area contributed by atoms with Crippen molar-refractivity contribution in [2.45, 2.75) is 11.5 Å². The molecule has 4 N–H and O–H groups in total. The molecule has 0 radical (unpaired) electrons. The summed E-state index contributed by atoms with van der Waals surface area (Å²) < 4.78 is 1.87.